The molecule has 0 aliphatic heterocycles. The summed E-state index contributed by atoms with van der Waals surface area (Å²) in [5.41, 5.74) is 5.10. The first-order chi connectivity index (χ1) is 8.90. The van der Waals surface area contributed by atoms with E-state index in [0.29, 0.717) is 13.0 Å². The van der Waals surface area contributed by atoms with Crippen LogP contribution in [0.1, 0.15) is 52.9 Å². The van der Waals surface area contributed by atoms with E-state index in [0.717, 1.165) is 25.7 Å². The van der Waals surface area contributed by atoms with Crippen LogP contribution in [0.5, 0.6) is 0 Å². The van der Waals surface area contributed by atoms with Crippen molar-refractivity contribution < 1.29 is 14.3 Å². The van der Waals surface area contributed by atoms with Crippen LogP contribution < -0.4 is 11.1 Å². The first kappa shape index (κ1) is 16.0. The molecular formula is C14H26N2O3. The Morgan fingerprint density at radius 2 is 1.84 bits per heavy atom. The standard InChI is InChI=1S/C14H26N2O3/c1-4-14(3,15)13(18)16-11-8-6-10(7-9-11)12(17)19-5-2/h10-11H,4-9,15H2,1-3H3,(H,16,18). The molecular weight excluding hydrogens is 244 g/mol. The number of rotatable bonds is 5. The smallest absolute Gasteiger partial charge is 0.308 e. The summed E-state index contributed by atoms with van der Waals surface area (Å²) < 4.78 is 5.02. The minimum atomic E-state index is -0.808. The molecule has 1 unspecified atom stereocenters. The average molecular weight is 270 g/mol. The van der Waals surface area contributed by atoms with Gasteiger partial charge in [-0.3, -0.25) is 9.59 Å². The van der Waals surface area contributed by atoms with Crippen molar-refractivity contribution in [3.05, 3.63) is 0 Å². The van der Waals surface area contributed by atoms with E-state index in [9.17, 15) is 9.59 Å². The van der Waals surface area contributed by atoms with Gasteiger partial charge < -0.3 is 15.8 Å². The van der Waals surface area contributed by atoms with Gasteiger partial charge >= 0.3 is 5.97 Å². The molecule has 1 rings (SSSR count). The van der Waals surface area contributed by atoms with Crippen molar-refractivity contribution in [3.8, 4) is 0 Å². The number of hydrogen-bond acceptors (Lipinski definition) is 4. The highest BCUT2D eigenvalue weighted by molar-refractivity contribution is 5.85. The van der Waals surface area contributed by atoms with Gasteiger partial charge in [-0.1, -0.05) is 6.92 Å². The van der Waals surface area contributed by atoms with Crippen LogP contribution >= 0.6 is 0 Å². The molecule has 0 aromatic carbocycles. The summed E-state index contributed by atoms with van der Waals surface area (Å²) in [5.74, 6) is -0.220. The molecule has 0 heterocycles. The fraction of sp³-hybridized carbons (Fsp3) is 0.857. The second kappa shape index (κ2) is 6.89. The minimum absolute atomic E-state index is 0.0106. The lowest BCUT2D eigenvalue weighted by Gasteiger charge is -2.31. The lowest BCUT2D eigenvalue weighted by atomic mass is 9.85. The number of carbonyl (C=O) groups is 2. The molecule has 0 aromatic heterocycles. The number of nitrogens with one attached hydrogen (secondary N) is 1. The first-order valence-corrected chi connectivity index (χ1v) is 7.17. The maximum Gasteiger partial charge on any atom is 0.308 e. The molecule has 1 aliphatic rings. The highest BCUT2D eigenvalue weighted by Crippen LogP contribution is 2.25. The summed E-state index contributed by atoms with van der Waals surface area (Å²) in [6.07, 6.45) is 3.79. The third-order valence-electron chi connectivity index (χ3n) is 3.94. The van der Waals surface area contributed by atoms with Gasteiger partial charge in [0.15, 0.2) is 0 Å². The first-order valence-electron chi connectivity index (χ1n) is 7.17. The number of ether oxygens (including phenoxy) is 1. The average Bonchev–Trinajstić information content (AvgIpc) is 2.39. The second-order valence-corrected chi connectivity index (χ2v) is 5.55. The van der Waals surface area contributed by atoms with Crippen molar-refractivity contribution in [3.63, 3.8) is 0 Å². The van der Waals surface area contributed by atoms with Crippen LogP contribution in [0.2, 0.25) is 0 Å². The van der Waals surface area contributed by atoms with Crippen LogP contribution in [0.25, 0.3) is 0 Å². The van der Waals surface area contributed by atoms with Crippen molar-refractivity contribution in [1.82, 2.24) is 5.32 Å². The number of nitrogens with two attached hydrogens (primary N) is 1. The molecule has 0 saturated heterocycles. The van der Waals surface area contributed by atoms with E-state index in [-0.39, 0.29) is 23.8 Å². The zero-order valence-electron chi connectivity index (χ0n) is 12.2. The third-order valence-corrected chi connectivity index (χ3v) is 3.94. The van der Waals surface area contributed by atoms with Gasteiger partial charge in [0.2, 0.25) is 5.91 Å². The summed E-state index contributed by atoms with van der Waals surface area (Å²) in [4.78, 5) is 23.6. The molecule has 1 atom stereocenters. The summed E-state index contributed by atoms with van der Waals surface area (Å²) in [7, 11) is 0. The fourth-order valence-electron chi connectivity index (χ4n) is 2.24. The second-order valence-electron chi connectivity index (χ2n) is 5.55. The molecule has 1 aliphatic carbocycles. The zero-order valence-corrected chi connectivity index (χ0v) is 12.2. The van der Waals surface area contributed by atoms with Crippen LogP contribution in [-0.4, -0.2) is 30.1 Å². The van der Waals surface area contributed by atoms with Crippen LogP contribution in [-0.2, 0) is 14.3 Å². The van der Waals surface area contributed by atoms with Crippen molar-refractivity contribution in [1.29, 1.82) is 0 Å². The Morgan fingerprint density at radius 1 is 1.26 bits per heavy atom. The largest absolute Gasteiger partial charge is 0.466 e. The molecule has 5 nitrogen and oxygen atoms in total. The summed E-state index contributed by atoms with van der Waals surface area (Å²) in [5, 5.41) is 2.99. The monoisotopic (exact) mass is 270 g/mol. The molecule has 1 saturated carbocycles. The maximum atomic E-state index is 12.0. The molecule has 0 bridgehead atoms. The van der Waals surface area contributed by atoms with Crippen LogP contribution in [0.15, 0.2) is 0 Å². The van der Waals surface area contributed by atoms with E-state index >= 15 is 0 Å². The van der Waals surface area contributed by atoms with Crippen molar-refractivity contribution >= 4 is 11.9 Å². The normalized spacial score (nSPS) is 26.3. The molecule has 1 amide bonds. The Morgan fingerprint density at radius 3 is 2.32 bits per heavy atom. The van der Waals surface area contributed by atoms with E-state index < -0.39 is 5.54 Å². The van der Waals surface area contributed by atoms with E-state index in [1.165, 1.54) is 0 Å². The Bertz CT molecular complexity index is 321. The van der Waals surface area contributed by atoms with Gasteiger partial charge in [0.1, 0.15) is 0 Å². The molecule has 1 fully saturated rings. The lowest BCUT2D eigenvalue weighted by Crippen LogP contribution is -2.54. The van der Waals surface area contributed by atoms with Gasteiger partial charge in [-0.15, -0.1) is 0 Å². The van der Waals surface area contributed by atoms with Crippen molar-refractivity contribution in [2.75, 3.05) is 6.61 Å². The molecule has 19 heavy (non-hydrogen) atoms. The number of amides is 1. The minimum Gasteiger partial charge on any atom is -0.466 e. The molecule has 0 radical (unpaired) electrons. The topological polar surface area (TPSA) is 81.4 Å². The van der Waals surface area contributed by atoms with Gasteiger partial charge in [0.05, 0.1) is 18.1 Å². The summed E-state index contributed by atoms with van der Waals surface area (Å²) >= 11 is 0. The summed E-state index contributed by atoms with van der Waals surface area (Å²) in [6.45, 7) is 5.89. The van der Waals surface area contributed by atoms with Gasteiger partial charge in [-0.25, -0.2) is 0 Å². The van der Waals surface area contributed by atoms with E-state index in [4.69, 9.17) is 10.5 Å². The van der Waals surface area contributed by atoms with Crippen molar-refractivity contribution in [2.24, 2.45) is 11.7 Å². The lowest BCUT2D eigenvalue weighted by molar-refractivity contribution is -0.149. The zero-order chi connectivity index (χ0) is 14.5. The predicted octanol–water partition coefficient (Wildman–Crippen LogP) is 1.35. The van der Waals surface area contributed by atoms with E-state index in [1.54, 1.807) is 6.92 Å². The van der Waals surface area contributed by atoms with E-state index in [2.05, 4.69) is 5.32 Å². The number of carbonyl (C=O) groups excluding carboxylic acids is 2. The Balaban J connectivity index is 2.38. The fourth-order valence-corrected chi connectivity index (χ4v) is 2.24. The molecule has 0 aromatic rings. The highest BCUT2D eigenvalue weighted by Gasteiger charge is 2.31. The quantitative estimate of drug-likeness (QED) is 0.739. The number of esters is 1. The summed E-state index contributed by atoms with van der Waals surface area (Å²) in [6, 6.07) is 0.132. The van der Waals surface area contributed by atoms with Crippen LogP contribution in [0, 0.1) is 5.92 Å². The Labute approximate surface area is 115 Å². The SMILES string of the molecule is CCOC(=O)C1CCC(NC(=O)C(C)(N)CC)CC1. The maximum absolute atomic E-state index is 12.0. The highest BCUT2D eigenvalue weighted by atomic mass is 16.5. The molecule has 0 spiro atoms. The van der Waals surface area contributed by atoms with Crippen LogP contribution in [0.4, 0.5) is 0 Å². The van der Waals surface area contributed by atoms with E-state index in [1.807, 2.05) is 13.8 Å². The van der Waals surface area contributed by atoms with Gasteiger partial charge in [-0.05, 0) is 46.0 Å². The molecule has 5 heteroatoms. The Kier molecular flexibility index (Phi) is 5.79. The predicted molar refractivity (Wildman–Crippen MR) is 73.4 cm³/mol. The van der Waals surface area contributed by atoms with Gasteiger partial charge in [-0.2, -0.15) is 0 Å². The molecule has 110 valence electrons. The Hall–Kier alpha value is -1.10. The van der Waals surface area contributed by atoms with Gasteiger partial charge in [0, 0.05) is 6.04 Å². The van der Waals surface area contributed by atoms with Crippen LogP contribution in [0.3, 0.4) is 0 Å². The molecule has 3 N–H and O–H groups in total. The third kappa shape index (κ3) is 4.49. The van der Waals surface area contributed by atoms with Gasteiger partial charge in [0.25, 0.3) is 0 Å². The number of hydrogen-bond donors (Lipinski definition) is 2. The van der Waals surface area contributed by atoms with Crippen molar-refractivity contribution in [2.45, 2.75) is 64.5 Å².